The van der Waals surface area contributed by atoms with E-state index in [0.717, 1.165) is 35.6 Å². The molecule has 65 heavy (non-hydrogen) atoms. The number of carbonyl (C=O) groups is 4. The Morgan fingerprint density at radius 2 is 1.57 bits per heavy atom. The topological polar surface area (TPSA) is 151 Å². The number of hydrogen-bond acceptors (Lipinski definition) is 10. The highest BCUT2D eigenvalue weighted by atomic mass is 32.2. The van der Waals surface area contributed by atoms with Crippen molar-refractivity contribution in [3.05, 3.63) is 153 Å². The Kier molecular flexibility index (Phi) is 11.4. The monoisotopic (exact) mass is 901 g/mol. The molecule has 2 N–H and O–H groups in total. The molecule has 0 bridgehead atoms. The van der Waals surface area contributed by atoms with E-state index in [4.69, 9.17) is 9.47 Å². The quantitative estimate of drug-likeness (QED) is 0.101. The number of rotatable bonds is 12. The molecule has 4 fully saturated rings. The molecule has 4 aromatic carbocycles. The number of nitrogens with one attached hydrogen (secondary N) is 1. The van der Waals surface area contributed by atoms with Crippen LogP contribution >= 0.6 is 11.8 Å². The van der Waals surface area contributed by atoms with Crippen molar-refractivity contribution in [2.45, 2.75) is 61.7 Å². The highest BCUT2D eigenvalue weighted by molar-refractivity contribution is 8.00. The number of pyridine rings is 1. The van der Waals surface area contributed by atoms with Gasteiger partial charge in [0.15, 0.2) is 17.7 Å². The molecule has 1 saturated carbocycles. The summed E-state index contributed by atoms with van der Waals surface area (Å²) >= 11 is 1.46. The van der Waals surface area contributed by atoms with E-state index in [9.17, 15) is 29.1 Å². The van der Waals surface area contributed by atoms with Crippen molar-refractivity contribution in [2.75, 3.05) is 36.8 Å². The number of aromatic nitrogens is 1. The largest absolute Gasteiger partial charge is 0.511 e. The van der Waals surface area contributed by atoms with Gasteiger partial charge in [0.1, 0.15) is 28.6 Å². The van der Waals surface area contributed by atoms with Gasteiger partial charge in [0.25, 0.3) is 5.91 Å². The minimum absolute atomic E-state index is 0.00518. The Morgan fingerprint density at radius 3 is 2.23 bits per heavy atom. The molecule has 1 aromatic heterocycles. The normalized spacial score (nSPS) is 21.8. The number of likely N-dealkylation sites (tertiary alicyclic amines) is 1. The number of anilines is 1. The molecule has 10 rings (SSSR count). The van der Waals surface area contributed by atoms with Crippen molar-refractivity contribution in [1.29, 1.82) is 0 Å². The first-order valence-electron chi connectivity index (χ1n) is 21.8. The van der Waals surface area contributed by atoms with E-state index in [1.807, 2.05) is 91.0 Å². The predicted octanol–water partition coefficient (Wildman–Crippen LogP) is 6.80. The molecule has 0 spiro atoms. The first-order chi connectivity index (χ1) is 31.5. The standard InChI is InChI=1S/C49H45F2N5O8S/c50-35-22-34-42(55(33-18-19-33)26-37(44(34)58)63-49(61)62)39(51)43(35)54-23-31-17-10-20-53(36(31)25-54)24-32-27-65-47-40(52-38(57)21-28-11-4-1-5-12-28)46(59)56(47)41(32)48(60)64-45(29-13-6-2-7-14-29)30-15-8-3-9-16-30/h1-9,11-16,22,26,31,33,36,40,45,47H,10,17-21,23-25,27H2,(H,52,57)(H,61,62)/t31-,36+,40+,47+/m0/s1. The van der Waals surface area contributed by atoms with Crippen molar-refractivity contribution < 1.29 is 42.5 Å². The number of hydrogen-bond donors (Lipinski definition) is 2. The summed E-state index contributed by atoms with van der Waals surface area (Å²) in [7, 11) is 0. The van der Waals surface area contributed by atoms with Gasteiger partial charge in [-0.25, -0.2) is 18.4 Å². The van der Waals surface area contributed by atoms with Crippen LogP contribution in [-0.4, -0.2) is 92.8 Å². The summed E-state index contributed by atoms with van der Waals surface area (Å²) < 4.78 is 45.7. The Hall–Kier alpha value is -6.52. The number of thioether (sulfide) groups is 1. The summed E-state index contributed by atoms with van der Waals surface area (Å²) in [5, 5.41) is 11.3. The van der Waals surface area contributed by atoms with Crippen LogP contribution < -0.4 is 20.4 Å². The lowest BCUT2D eigenvalue weighted by Gasteiger charge is -2.50. The van der Waals surface area contributed by atoms with Gasteiger partial charge < -0.3 is 29.4 Å². The second-order valence-electron chi connectivity index (χ2n) is 17.3. The Morgan fingerprint density at radius 1 is 0.892 bits per heavy atom. The molecule has 5 aromatic rings. The number of nitrogens with zero attached hydrogens (tertiary/aromatic N) is 4. The molecule has 3 saturated heterocycles. The number of amides is 2. The molecule has 0 radical (unpaired) electrons. The fourth-order valence-electron chi connectivity index (χ4n) is 9.95. The molecule has 16 heteroatoms. The zero-order chi connectivity index (χ0) is 44.9. The van der Waals surface area contributed by atoms with Gasteiger partial charge in [0.2, 0.25) is 11.3 Å². The summed E-state index contributed by atoms with van der Waals surface area (Å²) in [6.45, 7) is 1.51. The van der Waals surface area contributed by atoms with Crippen LogP contribution in [0.25, 0.3) is 10.9 Å². The second kappa shape index (κ2) is 17.5. The third-order valence-corrected chi connectivity index (χ3v) is 14.4. The first kappa shape index (κ1) is 42.4. The van der Waals surface area contributed by atoms with Crippen LogP contribution in [0.2, 0.25) is 0 Å². The van der Waals surface area contributed by atoms with E-state index in [1.54, 1.807) is 4.90 Å². The van der Waals surface area contributed by atoms with Crippen LogP contribution in [0.3, 0.4) is 0 Å². The van der Waals surface area contributed by atoms with Gasteiger partial charge in [-0.2, -0.15) is 0 Å². The molecule has 4 aliphatic heterocycles. The second-order valence-corrected chi connectivity index (χ2v) is 18.4. The molecule has 5 aliphatic rings. The number of piperidine rings is 1. The van der Waals surface area contributed by atoms with Crippen molar-refractivity contribution in [2.24, 2.45) is 5.92 Å². The summed E-state index contributed by atoms with van der Waals surface area (Å²) in [6, 6.07) is 27.7. The van der Waals surface area contributed by atoms with Crippen LogP contribution in [0.1, 0.15) is 54.5 Å². The number of carbonyl (C=O) groups excluding carboxylic acids is 3. The maximum atomic E-state index is 16.8. The van der Waals surface area contributed by atoms with Crippen molar-refractivity contribution in [3.8, 4) is 5.75 Å². The Bertz CT molecular complexity index is 2750. The summed E-state index contributed by atoms with van der Waals surface area (Å²) in [5.74, 6) is -3.38. The number of β-lactam (4-membered cyclic amide) rings is 1. The van der Waals surface area contributed by atoms with Crippen LogP contribution in [0.5, 0.6) is 5.75 Å². The number of halogens is 2. The van der Waals surface area contributed by atoms with E-state index in [-0.39, 0.29) is 65.7 Å². The van der Waals surface area contributed by atoms with Gasteiger partial charge in [0.05, 0.1) is 23.5 Å². The molecule has 5 heterocycles. The van der Waals surface area contributed by atoms with Gasteiger partial charge in [-0.05, 0) is 66.5 Å². The lowest BCUT2D eigenvalue weighted by atomic mass is 9.91. The van der Waals surface area contributed by atoms with Crippen LogP contribution in [0, 0.1) is 17.6 Å². The van der Waals surface area contributed by atoms with Gasteiger partial charge >= 0.3 is 12.1 Å². The van der Waals surface area contributed by atoms with E-state index in [0.29, 0.717) is 37.3 Å². The molecule has 1 aliphatic carbocycles. The van der Waals surface area contributed by atoms with Crippen LogP contribution in [-0.2, 0) is 25.5 Å². The van der Waals surface area contributed by atoms with Crippen LogP contribution in [0.4, 0.5) is 19.3 Å². The van der Waals surface area contributed by atoms with E-state index >= 15 is 8.78 Å². The van der Waals surface area contributed by atoms with Crippen molar-refractivity contribution in [1.82, 2.24) is 19.7 Å². The average Bonchev–Trinajstić information content (AvgIpc) is 4.07. The Balaban J connectivity index is 0.956. The van der Waals surface area contributed by atoms with Gasteiger partial charge in [0, 0.05) is 37.5 Å². The van der Waals surface area contributed by atoms with Crippen LogP contribution in [0.15, 0.2) is 119 Å². The number of carboxylic acid groups (broad SMARTS) is 1. The number of benzene rings is 4. The molecular formula is C49H45F2N5O8S. The average molecular weight is 902 g/mol. The van der Waals surface area contributed by atoms with Gasteiger partial charge in [-0.3, -0.25) is 24.2 Å². The van der Waals surface area contributed by atoms with Crippen molar-refractivity contribution in [3.63, 3.8) is 0 Å². The summed E-state index contributed by atoms with van der Waals surface area (Å²) in [6.07, 6.45) is 1.74. The molecule has 334 valence electrons. The lowest BCUT2D eigenvalue weighted by Crippen LogP contribution is -2.71. The zero-order valence-electron chi connectivity index (χ0n) is 35.1. The highest BCUT2D eigenvalue weighted by Crippen LogP contribution is 2.45. The molecular weight excluding hydrogens is 857 g/mol. The fourth-order valence-corrected chi connectivity index (χ4v) is 11.3. The fraction of sp³-hybridized carbons (Fsp3) is 0.327. The number of ether oxygens (including phenoxy) is 2. The zero-order valence-corrected chi connectivity index (χ0v) is 35.9. The van der Waals surface area contributed by atoms with Gasteiger partial charge in [-0.1, -0.05) is 91.0 Å². The minimum Gasteiger partial charge on any atom is -0.449 e. The minimum atomic E-state index is -1.70. The molecule has 0 unspecified atom stereocenters. The molecule has 13 nitrogen and oxygen atoms in total. The SMILES string of the molecule is O=C(Cc1ccccc1)N[C@@H]1C(=O)N2C(C(=O)OC(c3ccccc3)c3ccccc3)=C(CN3CCC[C@H]4CN(c5c(F)cc6c(=O)c(OC(=O)O)cn(C7CC7)c6c5F)C[C@H]43)CS[C@H]12. The van der Waals surface area contributed by atoms with E-state index < -0.39 is 58.4 Å². The number of fused-ring (bicyclic) bond motifs is 3. The van der Waals surface area contributed by atoms with Crippen molar-refractivity contribution >= 4 is 52.3 Å². The number of esters is 1. The van der Waals surface area contributed by atoms with E-state index in [1.165, 1.54) is 27.4 Å². The maximum Gasteiger partial charge on any atom is 0.511 e. The summed E-state index contributed by atoms with van der Waals surface area (Å²) in [5.41, 5.74) is 1.84. The lowest BCUT2D eigenvalue weighted by molar-refractivity contribution is -0.154. The third-order valence-electron chi connectivity index (χ3n) is 13.1. The van der Waals surface area contributed by atoms with Gasteiger partial charge in [-0.15, -0.1) is 11.8 Å². The first-order valence-corrected chi connectivity index (χ1v) is 22.9. The maximum absolute atomic E-state index is 16.8. The highest BCUT2D eigenvalue weighted by Gasteiger charge is 2.55. The molecule has 2 amide bonds. The smallest absolute Gasteiger partial charge is 0.449 e. The predicted molar refractivity (Wildman–Crippen MR) is 238 cm³/mol. The van der Waals surface area contributed by atoms with E-state index in [2.05, 4.69) is 10.2 Å². The third kappa shape index (κ3) is 8.13. The molecule has 4 atom stereocenters. The summed E-state index contributed by atoms with van der Waals surface area (Å²) in [4.78, 5) is 72.2. The Labute approximate surface area is 376 Å².